The molecule has 0 aliphatic carbocycles. The van der Waals surface area contributed by atoms with Crippen LogP contribution in [0.3, 0.4) is 0 Å². The van der Waals surface area contributed by atoms with E-state index >= 15 is 0 Å². The van der Waals surface area contributed by atoms with Gasteiger partial charge in [0.15, 0.2) is 0 Å². The quantitative estimate of drug-likeness (QED) is 0.263. The second kappa shape index (κ2) is 15.5. The zero-order chi connectivity index (χ0) is 17.5. The first-order chi connectivity index (χ1) is 11.0. The van der Waals surface area contributed by atoms with Gasteiger partial charge in [-0.05, 0) is 38.5 Å². The third-order valence-corrected chi connectivity index (χ3v) is 5.03. The third-order valence-electron chi connectivity index (χ3n) is 5.03. The van der Waals surface area contributed by atoms with Crippen molar-refractivity contribution in [3.63, 3.8) is 0 Å². The van der Waals surface area contributed by atoms with Crippen molar-refractivity contribution in [1.29, 1.82) is 0 Å². The van der Waals surface area contributed by atoms with Crippen molar-refractivity contribution >= 4 is 0 Å². The lowest BCUT2D eigenvalue weighted by molar-refractivity contribution is -0.0145. The Morgan fingerprint density at radius 2 is 0.957 bits per heavy atom. The Kier molecular flexibility index (Phi) is 15.5. The number of hydrogen-bond acceptors (Lipinski definition) is 1. The molecule has 4 atom stereocenters. The maximum absolute atomic E-state index is 6.25. The lowest BCUT2D eigenvalue weighted by Crippen LogP contribution is -2.21. The molecule has 0 N–H and O–H groups in total. The summed E-state index contributed by atoms with van der Waals surface area (Å²) in [6.07, 6.45) is 17.1. The van der Waals surface area contributed by atoms with E-state index in [4.69, 9.17) is 4.74 Å². The van der Waals surface area contributed by atoms with Crippen molar-refractivity contribution in [1.82, 2.24) is 0 Å². The monoisotopic (exact) mass is 326 g/mol. The Bertz CT molecular complexity index is 214. The topological polar surface area (TPSA) is 9.23 Å². The molecule has 0 heterocycles. The van der Waals surface area contributed by atoms with Gasteiger partial charge in [0.2, 0.25) is 0 Å². The molecular weight excluding hydrogens is 280 g/mol. The van der Waals surface area contributed by atoms with Crippen LogP contribution >= 0.6 is 0 Å². The van der Waals surface area contributed by atoms with Gasteiger partial charge in [-0.2, -0.15) is 0 Å². The highest BCUT2D eigenvalue weighted by molar-refractivity contribution is 4.64. The van der Waals surface area contributed by atoms with Gasteiger partial charge >= 0.3 is 0 Å². The zero-order valence-electron chi connectivity index (χ0n) is 17.2. The van der Waals surface area contributed by atoms with E-state index in [2.05, 4.69) is 41.5 Å². The van der Waals surface area contributed by atoms with Gasteiger partial charge in [0.25, 0.3) is 0 Å². The first-order valence-corrected chi connectivity index (χ1v) is 10.6. The molecule has 140 valence electrons. The van der Waals surface area contributed by atoms with Crippen molar-refractivity contribution < 1.29 is 4.74 Å². The third kappa shape index (κ3) is 15.2. The summed E-state index contributed by atoms with van der Waals surface area (Å²) in [7, 11) is 0. The first-order valence-electron chi connectivity index (χ1n) is 10.6. The lowest BCUT2D eigenvalue weighted by Gasteiger charge is -2.24. The molecule has 0 amide bonds. The molecule has 4 unspecified atom stereocenters. The second-order valence-electron chi connectivity index (χ2n) is 8.14. The Hall–Kier alpha value is -0.0400. The molecule has 0 aromatic rings. The van der Waals surface area contributed by atoms with Crippen LogP contribution in [0.1, 0.15) is 119 Å². The highest BCUT2D eigenvalue weighted by Gasteiger charge is 2.14. The van der Waals surface area contributed by atoms with E-state index in [-0.39, 0.29) is 0 Å². The molecular formula is C22H46O. The zero-order valence-corrected chi connectivity index (χ0v) is 17.2. The minimum atomic E-state index is 0.415. The van der Waals surface area contributed by atoms with E-state index in [0.717, 1.165) is 11.8 Å². The van der Waals surface area contributed by atoms with Gasteiger partial charge in [0.1, 0.15) is 0 Å². The van der Waals surface area contributed by atoms with Crippen LogP contribution in [0.25, 0.3) is 0 Å². The summed E-state index contributed by atoms with van der Waals surface area (Å²) in [5, 5.41) is 0. The van der Waals surface area contributed by atoms with Gasteiger partial charge < -0.3 is 4.74 Å². The minimum absolute atomic E-state index is 0.415. The van der Waals surface area contributed by atoms with E-state index in [9.17, 15) is 0 Å². The maximum atomic E-state index is 6.25. The molecule has 0 rings (SSSR count). The molecule has 1 nitrogen and oxygen atoms in total. The minimum Gasteiger partial charge on any atom is -0.376 e. The summed E-state index contributed by atoms with van der Waals surface area (Å²) in [4.78, 5) is 0. The highest BCUT2D eigenvalue weighted by atomic mass is 16.5. The van der Waals surface area contributed by atoms with E-state index in [1.165, 1.54) is 77.0 Å². The van der Waals surface area contributed by atoms with E-state index in [0.29, 0.717) is 12.2 Å². The van der Waals surface area contributed by atoms with Crippen LogP contribution in [-0.4, -0.2) is 12.2 Å². The van der Waals surface area contributed by atoms with Gasteiger partial charge in [-0.3, -0.25) is 0 Å². The van der Waals surface area contributed by atoms with Gasteiger partial charge in [0, 0.05) is 0 Å². The number of ether oxygens (including phenoxy) is 1. The molecule has 1 heteroatoms. The molecule has 0 aliphatic rings. The molecule has 0 aliphatic heterocycles. The predicted octanol–water partition coefficient (Wildman–Crippen LogP) is 7.77. The van der Waals surface area contributed by atoms with Crippen LogP contribution in [0.15, 0.2) is 0 Å². The number of unbranched alkanes of at least 4 members (excludes halogenated alkanes) is 6. The fourth-order valence-electron chi connectivity index (χ4n) is 3.72. The second-order valence-corrected chi connectivity index (χ2v) is 8.14. The lowest BCUT2D eigenvalue weighted by atomic mass is 9.96. The van der Waals surface area contributed by atoms with Gasteiger partial charge in [0.05, 0.1) is 12.2 Å². The van der Waals surface area contributed by atoms with Crippen molar-refractivity contribution in [3.8, 4) is 0 Å². The standard InChI is InChI=1S/C22H46O/c1-7-9-11-13-15-19(3)17-21(5)23-22(6)18-20(4)16-14-12-10-8-2/h19-22H,7-18H2,1-6H3. The van der Waals surface area contributed by atoms with Crippen molar-refractivity contribution in [2.75, 3.05) is 0 Å². The van der Waals surface area contributed by atoms with Crippen LogP contribution in [-0.2, 0) is 4.74 Å². The van der Waals surface area contributed by atoms with E-state index in [1.54, 1.807) is 0 Å². The fourth-order valence-corrected chi connectivity index (χ4v) is 3.72. The van der Waals surface area contributed by atoms with E-state index in [1.807, 2.05) is 0 Å². The van der Waals surface area contributed by atoms with Crippen LogP contribution in [0.2, 0.25) is 0 Å². The molecule has 0 aromatic carbocycles. The van der Waals surface area contributed by atoms with E-state index < -0.39 is 0 Å². The first kappa shape index (κ1) is 23.0. The van der Waals surface area contributed by atoms with Gasteiger partial charge in [-0.15, -0.1) is 0 Å². The molecule has 23 heavy (non-hydrogen) atoms. The molecule has 0 saturated carbocycles. The molecule has 0 aromatic heterocycles. The Labute approximate surface area is 148 Å². The fraction of sp³-hybridized carbons (Fsp3) is 1.00. The number of hydrogen-bond donors (Lipinski definition) is 0. The summed E-state index contributed by atoms with van der Waals surface area (Å²) in [5.41, 5.74) is 0. The largest absolute Gasteiger partial charge is 0.376 e. The number of rotatable bonds is 16. The Morgan fingerprint density at radius 1 is 0.565 bits per heavy atom. The SMILES string of the molecule is CCCCCCC(C)CC(C)OC(C)CC(C)CCCCCC. The van der Waals surface area contributed by atoms with Gasteiger partial charge in [-0.25, -0.2) is 0 Å². The summed E-state index contributed by atoms with van der Waals surface area (Å²) in [5.74, 6) is 1.61. The van der Waals surface area contributed by atoms with Crippen molar-refractivity contribution in [2.45, 2.75) is 131 Å². The molecule has 0 fully saturated rings. The summed E-state index contributed by atoms with van der Waals surface area (Å²) in [6, 6.07) is 0. The molecule has 0 spiro atoms. The van der Waals surface area contributed by atoms with Crippen LogP contribution < -0.4 is 0 Å². The highest BCUT2D eigenvalue weighted by Crippen LogP contribution is 2.21. The maximum Gasteiger partial charge on any atom is 0.0553 e. The summed E-state index contributed by atoms with van der Waals surface area (Å²) >= 11 is 0. The predicted molar refractivity (Wildman–Crippen MR) is 105 cm³/mol. The molecule has 0 bridgehead atoms. The van der Waals surface area contributed by atoms with Crippen LogP contribution in [0.5, 0.6) is 0 Å². The van der Waals surface area contributed by atoms with Crippen LogP contribution in [0, 0.1) is 11.8 Å². The van der Waals surface area contributed by atoms with Crippen molar-refractivity contribution in [3.05, 3.63) is 0 Å². The van der Waals surface area contributed by atoms with Gasteiger partial charge in [-0.1, -0.05) is 91.9 Å². The van der Waals surface area contributed by atoms with Crippen LogP contribution in [0.4, 0.5) is 0 Å². The molecule has 0 saturated heterocycles. The Balaban J connectivity index is 3.72. The summed E-state index contributed by atoms with van der Waals surface area (Å²) < 4.78 is 6.25. The average Bonchev–Trinajstić information content (AvgIpc) is 2.47. The van der Waals surface area contributed by atoms with Crippen molar-refractivity contribution in [2.24, 2.45) is 11.8 Å². The Morgan fingerprint density at radius 3 is 1.30 bits per heavy atom. The smallest absolute Gasteiger partial charge is 0.0553 e. The molecule has 0 radical (unpaired) electrons. The average molecular weight is 327 g/mol. The normalized spacial score (nSPS) is 17.0. The summed E-state index contributed by atoms with van der Waals surface area (Å²) in [6.45, 7) is 13.9.